The number of aryl methyl sites for hydroxylation is 1. The van der Waals surface area contributed by atoms with Gasteiger partial charge < -0.3 is 0 Å². The van der Waals surface area contributed by atoms with Crippen molar-refractivity contribution in [2.75, 3.05) is 0 Å². The first kappa shape index (κ1) is 22.0. The normalized spacial score (nSPS) is 10.0. The third-order valence-electron chi connectivity index (χ3n) is 4.20. The molecule has 0 bridgehead atoms. The van der Waals surface area contributed by atoms with Crippen molar-refractivity contribution in [2.45, 2.75) is 97.3 Å². The van der Waals surface area contributed by atoms with Crippen molar-refractivity contribution in [3.05, 3.63) is 48.6 Å². The Balaban J connectivity index is 0.000000568. The molecule has 23 heavy (non-hydrogen) atoms. The predicted octanol–water partition coefficient (Wildman–Crippen LogP) is 8.26. The van der Waals surface area contributed by atoms with E-state index in [2.05, 4.69) is 32.6 Å². The summed E-state index contributed by atoms with van der Waals surface area (Å²) < 4.78 is 0. The lowest BCUT2D eigenvalue weighted by atomic mass is 10.0. The van der Waals surface area contributed by atoms with Gasteiger partial charge in [0, 0.05) is 0 Å². The quantitative estimate of drug-likeness (QED) is 0.254. The van der Waals surface area contributed by atoms with Crippen LogP contribution in [0.25, 0.3) is 0 Å². The third-order valence-corrected chi connectivity index (χ3v) is 4.20. The Kier molecular flexibility index (Phi) is 18.1. The first-order chi connectivity index (χ1) is 11.3. The number of benzene rings is 1. The number of hydrogen-bond acceptors (Lipinski definition) is 0. The molecule has 0 fully saturated rings. The summed E-state index contributed by atoms with van der Waals surface area (Å²) in [6, 6.07) is 10.3. The molecule has 1 aromatic rings. The first-order valence-corrected chi connectivity index (χ1v) is 9.93. The van der Waals surface area contributed by atoms with Crippen LogP contribution in [-0.2, 0) is 0 Å². The summed E-state index contributed by atoms with van der Waals surface area (Å²) in [7, 11) is 0. The fourth-order valence-corrected chi connectivity index (χ4v) is 2.66. The molecule has 0 aromatic heterocycles. The molecule has 1 rings (SSSR count). The molecule has 132 valence electrons. The SMILES string of the molecule is C=CCCCCCCCCCCCCCC.Cc1ccccc1. The molecule has 0 amide bonds. The Morgan fingerprint density at radius 3 is 1.48 bits per heavy atom. The Bertz CT molecular complexity index is 325. The molecule has 0 heterocycles. The molecule has 0 heteroatoms. The Labute approximate surface area is 146 Å². The van der Waals surface area contributed by atoms with Gasteiger partial charge in [0.15, 0.2) is 0 Å². The van der Waals surface area contributed by atoms with E-state index in [4.69, 9.17) is 0 Å². The maximum Gasteiger partial charge on any atom is -0.0353 e. The van der Waals surface area contributed by atoms with Crippen molar-refractivity contribution in [2.24, 2.45) is 0 Å². The van der Waals surface area contributed by atoms with Gasteiger partial charge in [-0.05, 0) is 19.8 Å². The van der Waals surface area contributed by atoms with Crippen LogP contribution in [-0.4, -0.2) is 0 Å². The average Bonchev–Trinajstić information content (AvgIpc) is 2.57. The maximum atomic E-state index is 3.75. The molecule has 0 N–H and O–H groups in total. The van der Waals surface area contributed by atoms with Gasteiger partial charge in [0.25, 0.3) is 0 Å². The Morgan fingerprint density at radius 1 is 0.696 bits per heavy atom. The highest BCUT2D eigenvalue weighted by Gasteiger charge is 1.92. The van der Waals surface area contributed by atoms with E-state index in [1.54, 1.807) is 0 Å². The number of unbranched alkanes of at least 4 members (excludes halogenated alkanes) is 12. The van der Waals surface area contributed by atoms with E-state index in [1.807, 2.05) is 24.3 Å². The van der Waals surface area contributed by atoms with Crippen LogP contribution in [0.4, 0.5) is 0 Å². The minimum atomic E-state index is 1.21. The van der Waals surface area contributed by atoms with E-state index in [1.165, 1.54) is 89.0 Å². The lowest BCUT2D eigenvalue weighted by Gasteiger charge is -2.02. The summed E-state index contributed by atoms with van der Waals surface area (Å²) in [6.45, 7) is 8.12. The van der Waals surface area contributed by atoms with Gasteiger partial charge in [-0.2, -0.15) is 0 Å². The van der Waals surface area contributed by atoms with Crippen LogP contribution in [0, 0.1) is 6.92 Å². The monoisotopic (exact) mass is 316 g/mol. The second kappa shape index (κ2) is 19.0. The molecular weight excluding hydrogens is 276 g/mol. The van der Waals surface area contributed by atoms with Crippen LogP contribution >= 0.6 is 0 Å². The highest BCUT2D eigenvalue weighted by molar-refractivity contribution is 5.11. The second-order valence-corrected chi connectivity index (χ2v) is 6.62. The van der Waals surface area contributed by atoms with Gasteiger partial charge >= 0.3 is 0 Å². The molecule has 0 nitrogen and oxygen atoms in total. The highest BCUT2D eigenvalue weighted by Crippen LogP contribution is 2.12. The predicted molar refractivity (Wildman–Crippen MR) is 107 cm³/mol. The van der Waals surface area contributed by atoms with Crippen LogP contribution in [0.15, 0.2) is 43.0 Å². The van der Waals surface area contributed by atoms with E-state index < -0.39 is 0 Å². The van der Waals surface area contributed by atoms with Gasteiger partial charge in [-0.3, -0.25) is 0 Å². The average molecular weight is 317 g/mol. The first-order valence-electron chi connectivity index (χ1n) is 9.93. The van der Waals surface area contributed by atoms with E-state index in [0.717, 1.165) is 0 Å². The Hall–Kier alpha value is -1.04. The lowest BCUT2D eigenvalue weighted by Crippen LogP contribution is -1.82. The van der Waals surface area contributed by atoms with Crippen molar-refractivity contribution in [1.29, 1.82) is 0 Å². The molecule has 0 aliphatic rings. The molecule has 0 saturated heterocycles. The number of hydrogen-bond donors (Lipinski definition) is 0. The summed E-state index contributed by atoms with van der Waals surface area (Å²) >= 11 is 0. The molecule has 0 aliphatic carbocycles. The van der Waals surface area contributed by atoms with Crippen molar-refractivity contribution in [1.82, 2.24) is 0 Å². The van der Waals surface area contributed by atoms with E-state index in [9.17, 15) is 0 Å². The molecule has 0 aliphatic heterocycles. The van der Waals surface area contributed by atoms with Crippen molar-refractivity contribution >= 4 is 0 Å². The van der Waals surface area contributed by atoms with Gasteiger partial charge in [-0.25, -0.2) is 0 Å². The van der Waals surface area contributed by atoms with Crippen LogP contribution in [0.3, 0.4) is 0 Å². The van der Waals surface area contributed by atoms with Gasteiger partial charge in [-0.15, -0.1) is 6.58 Å². The molecule has 1 aromatic carbocycles. The van der Waals surface area contributed by atoms with Crippen molar-refractivity contribution < 1.29 is 0 Å². The standard InChI is InChI=1S/C16H32.C7H8/c1-3-5-7-9-11-13-15-16-14-12-10-8-6-4-2;1-7-5-3-2-4-6-7/h3H,1,4-16H2,2H3;2-6H,1H3. The van der Waals surface area contributed by atoms with E-state index in [0.29, 0.717) is 0 Å². The summed E-state index contributed by atoms with van der Waals surface area (Å²) in [4.78, 5) is 0. The van der Waals surface area contributed by atoms with E-state index >= 15 is 0 Å². The topological polar surface area (TPSA) is 0 Å². The Morgan fingerprint density at radius 2 is 1.13 bits per heavy atom. The van der Waals surface area contributed by atoms with E-state index in [-0.39, 0.29) is 0 Å². The third kappa shape index (κ3) is 18.9. The zero-order valence-corrected chi connectivity index (χ0v) is 15.9. The summed E-state index contributed by atoms with van der Waals surface area (Å²) in [5.74, 6) is 0. The van der Waals surface area contributed by atoms with Crippen molar-refractivity contribution in [3.8, 4) is 0 Å². The molecule has 0 spiro atoms. The summed E-state index contributed by atoms with van der Waals surface area (Å²) in [5.41, 5.74) is 1.32. The van der Waals surface area contributed by atoms with Gasteiger partial charge in [-0.1, -0.05) is 120 Å². The largest absolute Gasteiger partial charge is 0.103 e. The van der Waals surface area contributed by atoms with Gasteiger partial charge in [0.1, 0.15) is 0 Å². The van der Waals surface area contributed by atoms with Crippen LogP contribution in [0.5, 0.6) is 0 Å². The lowest BCUT2D eigenvalue weighted by molar-refractivity contribution is 0.545. The summed E-state index contributed by atoms with van der Waals surface area (Å²) in [5, 5.41) is 0. The molecule has 0 unspecified atom stereocenters. The smallest absolute Gasteiger partial charge is 0.0353 e. The second-order valence-electron chi connectivity index (χ2n) is 6.62. The highest BCUT2D eigenvalue weighted by atomic mass is 14.0. The van der Waals surface area contributed by atoms with Gasteiger partial charge in [0.05, 0.1) is 0 Å². The molecule has 0 radical (unpaired) electrons. The fourth-order valence-electron chi connectivity index (χ4n) is 2.66. The fraction of sp³-hybridized carbons (Fsp3) is 0.652. The number of allylic oxidation sites excluding steroid dienone is 1. The van der Waals surface area contributed by atoms with Crippen LogP contribution < -0.4 is 0 Å². The zero-order valence-electron chi connectivity index (χ0n) is 15.9. The minimum Gasteiger partial charge on any atom is -0.103 e. The summed E-state index contributed by atoms with van der Waals surface area (Å²) in [6.07, 6.45) is 20.5. The molecule has 0 saturated carbocycles. The number of rotatable bonds is 13. The van der Waals surface area contributed by atoms with Crippen LogP contribution in [0.2, 0.25) is 0 Å². The van der Waals surface area contributed by atoms with Gasteiger partial charge in [0.2, 0.25) is 0 Å². The van der Waals surface area contributed by atoms with Crippen molar-refractivity contribution in [3.63, 3.8) is 0 Å². The van der Waals surface area contributed by atoms with Crippen LogP contribution in [0.1, 0.15) is 96.0 Å². The maximum absolute atomic E-state index is 3.75. The molecular formula is C23H40. The minimum absolute atomic E-state index is 1.21. The zero-order chi connectivity index (χ0) is 17.0. The molecule has 0 atom stereocenters.